The fourth-order valence-corrected chi connectivity index (χ4v) is 3.69. The van der Waals surface area contributed by atoms with Gasteiger partial charge >= 0.3 is 5.97 Å². The topological polar surface area (TPSA) is 84.3 Å². The monoisotopic (exact) mass is 419 g/mol. The van der Waals surface area contributed by atoms with Crippen LogP contribution in [0.4, 0.5) is 5.82 Å². The van der Waals surface area contributed by atoms with Crippen LogP contribution >= 0.6 is 11.6 Å². The lowest BCUT2D eigenvalue weighted by Gasteiger charge is -2.19. The minimum Gasteiger partial charge on any atom is -0.478 e. The molecule has 0 amide bonds. The van der Waals surface area contributed by atoms with E-state index in [1.807, 2.05) is 0 Å². The Bertz CT molecular complexity index is 768. The van der Waals surface area contributed by atoms with Crippen LogP contribution in [0.25, 0.3) is 0 Å². The van der Waals surface area contributed by atoms with Gasteiger partial charge in [-0.25, -0.2) is 9.78 Å². The molecule has 158 valence electrons. The van der Waals surface area contributed by atoms with Crippen LogP contribution in [0.5, 0.6) is 0 Å². The zero-order valence-corrected chi connectivity index (χ0v) is 18.1. The molecule has 0 bridgehead atoms. The van der Waals surface area contributed by atoms with Gasteiger partial charge in [-0.15, -0.1) is 0 Å². The van der Waals surface area contributed by atoms with E-state index < -0.39 is 11.6 Å². The van der Waals surface area contributed by atoms with Crippen LogP contribution in [0.15, 0.2) is 24.4 Å². The highest BCUT2D eigenvalue weighted by molar-refractivity contribution is 6.32. The van der Waals surface area contributed by atoms with Crippen LogP contribution < -0.4 is 5.32 Å². The molecule has 7 heteroatoms. The van der Waals surface area contributed by atoms with Gasteiger partial charge in [0.2, 0.25) is 5.90 Å². The third kappa shape index (κ3) is 7.03. The molecule has 2 aliphatic rings. The molecule has 2 saturated carbocycles. The number of nitrogens with zero attached hydrogens (tertiary/aromatic N) is 1. The number of carbonyl (C=O) groups is 1. The first kappa shape index (κ1) is 21.6. The molecule has 2 fully saturated rings. The fraction of sp³-hybridized carbons (Fsp3) is 0.591. The van der Waals surface area contributed by atoms with Gasteiger partial charge in [-0.05, 0) is 82.8 Å². The van der Waals surface area contributed by atoms with Crippen molar-refractivity contribution in [3.05, 3.63) is 35.1 Å². The number of anilines is 1. The number of rotatable bonds is 9. The van der Waals surface area contributed by atoms with Gasteiger partial charge < -0.3 is 14.8 Å². The summed E-state index contributed by atoms with van der Waals surface area (Å²) >= 11 is 6.11. The largest absolute Gasteiger partial charge is 0.478 e. The van der Waals surface area contributed by atoms with Gasteiger partial charge in [-0.3, -0.25) is 5.41 Å². The maximum Gasteiger partial charge on any atom is 0.341 e. The first-order valence-electron chi connectivity index (χ1n) is 10.3. The summed E-state index contributed by atoms with van der Waals surface area (Å²) in [5, 5.41) is 10.9. The number of nitrogens with one attached hydrogen (secondary N) is 2. The molecule has 2 N–H and O–H groups in total. The van der Waals surface area contributed by atoms with Crippen molar-refractivity contribution in [1.82, 2.24) is 4.98 Å². The van der Waals surface area contributed by atoms with E-state index in [9.17, 15) is 4.79 Å². The van der Waals surface area contributed by atoms with E-state index in [0.717, 1.165) is 24.2 Å². The molecule has 6 nitrogen and oxygen atoms in total. The molecule has 0 aromatic carbocycles. The molecule has 1 heterocycles. The molecule has 0 saturated heterocycles. The molecule has 0 unspecified atom stereocenters. The zero-order valence-electron chi connectivity index (χ0n) is 17.3. The second-order valence-corrected chi connectivity index (χ2v) is 9.21. The Morgan fingerprint density at radius 2 is 1.97 bits per heavy atom. The van der Waals surface area contributed by atoms with E-state index in [1.54, 1.807) is 45.2 Å². The quantitative estimate of drug-likeness (QED) is 0.241. The molecular formula is C22H30ClN3O3. The highest BCUT2D eigenvalue weighted by atomic mass is 35.5. The van der Waals surface area contributed by atoms with Crippen molar-refractivity contribution in [1.29, 1.82) is 5.41 Å². The van der Waals surface area contributed by atoms with Crippen molar-refractivity contribution in [3.63, 3.8) is 0 Å². The Labute approximate surface area is 177 Å². The highest BCUT2D eigenvalue weighted by Crippen LogP contribution is 2.50. The normalized spacial score (nSPS) is 16.9. The molecule has 1 aromatic heterocycles. The fourth-order valence-electron chi connectivity index (χ4n) is 3.46. The lowest BCUT2D eigenvalue weighted by Crippen LogP contribution is -2.24. The van der Waals surface area contributed by atoms with E-state index in [1.165, 1.54) is 25.7 Å². The predicted molar refractivity (Wildman–Crippen MR) is 114 cm³/mol. The molecule has 1 aromatic rings. The number of carbonyl (C=O) groups excluding carboxylic acids is 1. The van der Waals surface area contributed by atoms with Crippen LogP contribution in [0.3, 0.4) is 0 Å². The molecule has 3 rings (SSSR count). The van der Waals surface area contributed by atoms with E-state index in [-0.39, 0.29) is 16.6 Å². The molecule has 0 atom stereocenters. The summed E-state index contributed by atoms with van der Waals surface area (Å²) in [6.07, 6.45) is 9.63. The molecule has 29 heavy (non-hydrogen) atoms. The Balaban J connectivity index is 1.42. The second kappa shape index (κ2) is 9.16. The zero-order chi connectivity index (χ0) is 21.0. The van der Waals surface area contributed by atoms with Gasteiger partial charge in [0, 0.05) is 12.3 Å². The first-order chi connectivity index (χ1) is 13.7. The number of ether oxygens (including phenoxy) is 2. The summed E-state index contributed by atoms with van der Waals surface area (Å²) in [4.78, 5) is 16.3. The second-order valence-electron chi connectivity index (χ2n) is 8.85. The van der Waals surface area contributed by atoms with Crippen LogP contribution in [0, 0.1) is 23.2 Å². The third-order valence-electron chi connectivity index (χ3n) is 5.10. The summed E-state index contributed by atoms with van der Waals surface area (Å²) in [5.41, 5.74) is -0.384. The smallest absolute Gasteiger partial charge is 0.341 e. The number of pyridine rings is 1. The van der Waals surface area contributed by atoms with Crippen molar-refractivity contribution >= 4 is 29.3 Å². The summed E-state index contributed by atoms with van der Waals surface area (Å²) < 4.78 is 10.8. The van der Waals surface area contributed by atoms with Crippen LogP contribution in [0.2, 0.25) is 5.15 Å². The van der Waals surface area contributed by atoms with Gasteiger partial charge in [0.15, 0.2) is 0 Å². The van der Waals surface area contributed by atoms with E-state index >= 15 is 0 Å². The van der Waals surface area contributed by atoms with Crippen molar-refractivity contribution < 1.29 is 14.3 Å². The van der Waals surface area contributed by atoms with Crippen LogP contribution in [-0.4, -0.2) is 29.1 Å². The first-order valence-corrected chi connectivity index (χ1v) is 10.6. The number of hydrogen-bond donors (Lipinski definition) is 2. The molecule has 2 aliphatic carbocycles. The number of esters is 1. The number of hydrogen-bond acceptors (Lipinski definition) is 6. The molecule has 0 aliphatic heterocycles. The summed E-state index contributed by atoms with van der Waals surface area (Å²) in [6, 6.07) is 3.20. The van der Waals surface area contributed by atoms with Gasteiger partial charge in [0.1, 0.15) is 16.6 Å². The molecule has 0 spiro atoms. The molecular weight excluding hydrogens is 390 g/mol. The van der Waals surface area contributed by atoms with Crippen LogP contribution in [-0.2, 0) is 9.47 Å². The average Bonchev–Trinajstić information content (AvgIpc) is 3.51. The Kier molecular flexibility index (Phi) is 6.83. The maximum atomic E-state index is 12.1. The number of halogens is 1. The predicted octanol–water partition coefficient (Wildman–Crippen LogP) is 5.44. The summed E-state index contributed by atoms with van der Waals surface area (Å²) in [5.74, 6) is 2.66. The average molecular weight is 420 g/mol. The standard InChI is InChI=1S/C22H30ClN3O3/c1-22(2,3)29-21(27)17-8-9-19(26-20(17)23)25-12-10-18(24)28-13-11-16(14-4-5-14)15-6-7-15/h8-10,12,14-16,24H,4-7,11,13H2,1-3H3,(H,25,26)/b12-10-,24-18?. The van der Waals surface area contributed by atoms with Gasteiger partial charge in [-0.1, -0.05) is 11.6 Å². The van der Waals surface area contributed by atoms with Crippen LogP contribution in [0.1, 0.15) is 63.2 Å². The molecule has 0 radical (unpaired) electrons. The van der Waals surface area contributed by atoms with Gasteiger partial charge in [0.25, 0.3) is 0 Å². The SMILES string of the molecule is CC(C)(C)OC(=O)c1ccc(N/C=C\C(=N)OCCC(C2CC2)C2CC2)nc1Cl. The van der Waals surface area contributed by atoms with Crippen molar-refractivity contribution in [3.8, 4) is 0 Å². The van der Waals surface area contributed by atoms with Gasteiger partial charge in [0.05, 0.1) is 12.2 Å². The summed E-state index contributed by atoms with van der Waals surface area (Å²) in [6.45, 7) is 5.97. The minimum atomic E-state index is -0.599. The number of aromatic nitrogens is 1. The minimum absolute atomic E-state index is 0.0650. The third-order valence-corrected chi connectivity index (χ3v) is 5.39. The lowest BCUT2D eigenvalue weighted by molar-refractivity contribution is 0.00693. The Morgan fingerprint density at radius 3 is 2.52 bits per heavy atom. The Hall–Kier alpha value is -2.08. The van der Waals surface area contributed by atoms with Crippen molar-refractivity contribution in [2.24, 2.45) is 17.8 Å². The Morgan fingerprint density at radius 1 is 1.31 bits per heavy atom. The van der Waals surface area contributed by atoms with Crippen molar-refractivity contribution in [2.75, 3.05) is 11.9 Å². The van der Waals surface area contributed by atoms with E-state index in [0.29, 0.717) is 12.4 Å². The van der Waals surface area contributed by atoms with E-state index in [4.69, 9.17) is 26.5 Å². The maximum absolute atomic E-state index is 12.1. The summed E-state index contributed by atoms with van der Waals surface area (Å²) in [7, 11) is 0. The highest BCUT2D eigenvalue weighted by Gasteiger charge is 2.40. The van der Waals surface area contributed by atoms with E-state index in [2.05, 4.69) is 10.3 Å². The van der Waals surface area contributed by atoms with Crippen molar-refractivity contribution in [2.45, 2.75) is 58.5 Å². The van der Waals surface area contributed by atoms with Gasteiger partial charge in [-0.2, -0.15) is 0 Å². The lowest BCUT2D eigenvalue weighted by atomic mass is 9.95.